The molecule has 1 aromatic carbocycles. The lowest BCUT2D eigenvalue weighted by Gasteiger charge is -2.29. The molecular formula is C15H19F2NO3. The van der Waals surface area contributed by atoms with Crippen molar-refractivity contribution in [2.45, 2.75) is 38.3 Å². The van der Waals surface area contributed by atoms with Gasteiger partial charge in [-0.15, -0.1) is 0 Å². The number of aliphatic hydroxyl groups is 1. The number of amides is 1. The molecule has 0 spiro atoms. The van der Waals surface area contributed by atoms with Gasteiger partial charge in [0.1, 0.15) is 5.75 Å². The van der Waals surface area contributed by atoms with E-state index < -0.39 is 6.61 Å². The highest BCUT2D eigenvalue weighted by molar-refractivity contribution is 5.97. The van der Waals surface area contributed by atoms with Crippen LogP contribution in [-0.4, -0.2) is 41.7 Å². The Kier molecular flexibility index (Phi) is 5.50. The van der Waals surface area contributed by atoms with E-state index in [0.29, 0.717) is 0 Å². The van der Waals surface area contributed by atoms with E-state index in [0.717, 1.165) is 25.7 Å². The number of hydrogen-bond acceptors (Lipinski definition) is 3. The number of aliphatic hydroxyl groups excluding tert-OH is 1. The lowest BCUT2D eigenvalue weighted by Crippen LogP contribution is -2.41. The Morgan fingerprint density at radius 3 is 2.62 bits per heavy atom. The van der Waals surface area contributed by atoms with Gasteiger partial charge in [0.25, 0.3) is 5.91 Å². The molecule has 0 saturated heterocycles. The predicted molar refractivity (Wildman–Crippen MR) is 73.5 cm³/mol. The van der Waals surface area contributed by atoms with Gasteiger partial charge in [0.05, 0.1) is 12.2 Å². The van der Waals surface area contributed by atoms with Crippen molar-refractivity contribution in [3.63, 3.8) is 0 Å². The van der Waals surface area contributed by atoms with Gasteiger partial charge in [0.2, 0.25) is 0 Å². The zero-order chi connectivity index (χ0) is 15.2. The zero-order valence-corrected chi connectivity index (χ0v) is 11.7. The number of carbonyl (C=O) groups is 1. The highest BCUT2D eigenvalue weighted by Gasteiger charge is 2.28. The quantitative estimate of drug-likeness (QED) is 0.878. The fourth-order valence-corrected chi connectivity index (χ4v) is 2.77. The maximum Gasteiger partial charge on any atom is 0.387 e. The van der Waals surface area contributed by atoms with E-state index in [1.54, 1.807) is 17.0 Å². The molecule has 1 N–H and O–H groups in total. The van der Waals surface area contributed by atoms with Crippen LogP contribution in [0.15, 0.2) is 24.3 Å². The number of rotatable bonds is 6. The summed E-state index contributed by atoms with van der Waals surface area (Å²) in [5.41, 5.74) is 0.109. The molecule has 0 unspecified atom stereocenters. The molecule has 4 nitrogen and oxygen atoms in total. The molecule has 1 aromatic rings. The molecule has 1 fully saturated rings. The summed E-state index contributed by atoms with van der Waals surface area (Å²) in [6.07, 6.45) is 3.83. The first-order valence-electron chi connectivity index (χ1n) is 7.09. The summed E-state index contributed by atoms with van der Waals surface area (Å²) in [4.78, 5) is 14.2. The van der Waals surface area contributed by atoms with E-state index in [2.05, 4.69) is 4.74 Å². The predicted octanol–water partition coefficient (Wildman–Crippen LogP) is 2.67. The van der Waals surface area contributed by atoms with Crippen molar-refractivity contribution >= 4 is 5.91 Å². The number of ether oxygens (including phenoxy) is 1. The number of carbonyl (C=O) groups excluding carboxylic acids is 1. The normalized spacial score (nSPS) is 15.4. The minimum absolute atomic E-state index is 0.0595. The summed E-state index contributed by atoms with van der Waals surface area (Å²) in [5.74, 6) is -0.495. The maximum atomic E-state index is 12.6. The van der Waals surface area contributed by atoms with E-state index in [1.165, 1.54) is 12.1 Å². The molecular weight excluding hydrogens is 280 g/mol. The van der Waals surface area contributed by atoms with E-state index in [1.807, 2.05) is 0 Å². The Bertz CT molecular complexity index is 476. The molecule has 116 valence electrons. The first-order valence-corrected chi connectivity index (χ1v) is 7.09. The number of benzene rings is 1. The summed E-state index contributed by atoms with van der Waals surface area (Å²) < 4.78 is 29.3. The van der Waals surface area contributed by atoms with Gasteiger partial charge < -0.3 is 14.7 Å². The van der Waals surface area contributed by atoms with Crippen molar-refractivity contribution in [3.8, 4) is 5.75 Å². The second-order valence-electron chi connectivity index (χ2n) is 5.04. The molecule has 1 aliphatic carbocycles. The first kappa shape index (κ1) is 15.7. The number of nitrogens with zero attached hydrogens (tertiary/aromatic N) is 1. The van der Waals surface area contributed by atoms with Crippen LogP contribution in [0.1, 0.15) is 36.0 Å². The molecule has 1 amide bonds. The SMILES string of the molecule is O=C(c1ccccc1OC(F)F)N(CCO)C1CCCC1. The minimum atomic E-state index is -2.98. The molecule has 6 heteroatoms. The third kappa shape index (κ3) is 3.91. The van der Waals surface area contributed by atoms with Crippen LogP contribution < -0.4 is 4.74 Å². The monoisotopic (exact) mass is 299 g/mol. The van der Waals surface area contributed by atoms with E-state index in [4.69, 9.17) is 5.11 Å². The van der Waals surface area contributed by atoms with Gasteiger partial charge >= 0.3 is 6.61 Å². The van der Waals surface area contributed by atoms with Gasteiger partial charge in [-0.3, -0.25) is 4.79 Å². The lowest BCUT2D eigenvalue weighted by atomic mass is 10.1. The largest absolute Gasteiger partial charge is 0.434 e. The van der Waals surface area contributed by atoms with Gasteiger partial charge in [0.15, 0.2) is 0 Å². The van der Waals surface area contributed by atoms with Gasteiger partial charge in [0, 0.05) is 12.6 Å². The van der Waals surface area contributed by atoms with E-state index >= 15 is 0 Å². The van der Waals surface area contributed by atoms with Crippen molar-refractivity contribution in [2.24, 2.45) is 0 Å². The average Bonchev–Trinajstić information content (AvgIpc) is 2.98. The van der Waals surface area contributed by atoms with Crippen molar-refractivity contribution in [1.29, 1.82) is 0 Å². The average molecular weight is 299 g/mol. The number of hydrogen-bond donors (Lipinski definition) is 1. The van der Waals surface area contributed by atoms with Gasteiger partial charge in [-0.25, -0.2) is 0 Å². The second kappa shape index (κ2) is 7.36. The molecule has 0 aliphatic heterocycles. The first-order chi connectivity index (χ1) is 10.1. The van der Waals surface area contributed by atoms with Crippen molar-refractivity contribution < 1.29 is 23.4 Å². The maximum absolute atomic E-state index is 12.6. The van der Waals surface area contributed by atoms with Crippen LogP contribution in [0.5, 0.6) is 5.75 Å². The van der Waals surface area contributed by atoms with E-state index in [-0.39, 0.29) is 36.4 Å². The molecule has 0 aromatic heterocycles. The minimum Gasteiger partial charge on any atom is -0.434 e. The lowest BCUT2D eigenvalue weighted by molar-refractivity contribution is -0.0503. The third-order valence-electron chi connectivity index (χ3n) is 3.70. The van der Waals surface area contributed by atoms with Crippen LogP contribution in [0.3, 0.4) is 0 Å². The molecule has 0 radical (unpaired) electrons. The van der Waals surface area contributed by atoms with Gasteiger partial charge in [-0.05, 0) is 25.0 Å². The van der Waals surface area contributed by atoms with Gasteiger partial charge in [-0.1, -0.05) is 25.0 Å². The summed E-state index contributed by atoms with van der Waals surface area (Å²) in [5, 5.41) is 9.16. The van der Waals surface area contributed by atoms with Crippen LogP contribution in [-0.2, 0) is 0 Å². The summed E-state index contributed by atoms with van der Waals surface area (Å²) in [6, 6.07) is 6.03. The number of para-hydroxylation sites is 1. The fraction of sp³-hybridized carbons (Fsp3) is 0.533. The Balaban J connectivity index is 2.23. The molecule has 0 bridgehead atoms. The summed E-state index contributed by atoms with van der Waals surface area (Å²) in [7, 11) is 0. The zero-order valence-electron chi connectivity index (χ0n) is 11.7. The van der Waals surface area contributed by atoms with Crippen LogP contribution >= 0.6 is 0 Å². The Morgan fingerprint density at radius 1 is 1.33 bits per heavy atom. The van der Waals surface area contributed by atoms with E-state index in [9.17, 15) is 13.6 Å². The summed E-state index contributed by atoms with van der Waals surface area (Å²) in [6.45, 7) is -2.93. The second-order valence-corrected chi connectivity index (χ2v) is 5.04. The highest BCUT2D eigenvalue weighted by atomic mass is 19.3. The van der Waals surface area contributed by atoms with Crippen LogP contribution in [0.25, 0.3) is 0 Å². The molecule has 1 aliphatic rings. The van der Waals surface area contributed by atoms with Crippen LogP contribution in [0, 0.1) is 0 Å². The molecule has 0 heterocycles. The van der Waals surface area contributed by atoms with Crippen molar-refractivity contribution in [1.82, 2.24) is 4.90 Å². The standard InChI is InChI=1S/C15H19F2NO3/c16-15(17)21-13-8-4-3-7-12(13)14(20)18(9-10-19)11-5-1-2-6-11/h3-4,7-8,11,15,19H,1-2,5-6,9-10H2. The summed E-state index contributed by atoms with van der Waals surface area (Å²) >= 11 is 0. The Hall–Kier alpha value is -1.69. The third-order valence-corrected chi connectivity index (χ3v) is 3.70. The molecule has 1 saturated carbocycles. The van der Waals surface area contributed by atoms with Crippen molar-refractivity contribution in [3.05, 3.63) is 29.8 Å². The van der Waals surface area contributed by atoms with Gasteiger partial charge in [-0.2, -0.15) is 8.78 Å². The topological polar surface area (TPSA) is 49.8 Å². The van der Waals surface area contributed by atoms with Crippen molar-refractivity contribution in [2.75, 3.05) is 13.2 Å². The molecule has 2 rings (SSSR count). The smallest absolute Gasteiger partial charge is 0.387 e. The fourth-order valence-electron chi connectivity index (χ4n) is 2.77. The molecule has 0 atom stereocenters. The Labute approximate surface area is 122 Å². The highest BCUT2D eigenvalue weighted by Crippen LogP contribution is 2.28. The number of halogens is 2. The van der Waals surface area contributed by atoms with Crippen LogP contribution in [0.2, 0.25) is 0 Å². The Morgan fingerprint density at radius 2 is 2.00 bits per heavy atom. The number of alkyl halides is 2. The molecule has 21 heavy (non-hydrogen) atoms. The van der Waals surface area contributed by atoms with Crippen LogP contribution in [0.4, 0.5) is 8.78 Å².